The average Bonchev–Trinajstić information content (AvgIpc) is 3.25. The van der Waals surface area contributed by atoms with Crippen molar-refractivity contribution in [3.8, 4) is 16.9 Å². The van der Waals surface area contributed by atoms with Crippen LogP contribution in [0.25, 0.3) is 16.8 Å². The molecule has 0 radical (unpaired) electrons. The Morgan fingerprint density at radius 2 is 1.88 bits per heavy atom. The van der Waals surface area contributed by atoms with Gasteiger partial charge in [0.15, 0.2) is 0 Å². The molecule has 1 aliphatic rings. The normalized spacial score (nSPS) is 15.1. The highest BCUT2D eigenvalue weighted by molar-refractivity contribution is 5.74. The van der Waals surface area contributed by atoms with Gasteiger partial charge in [0, 0.05) is 68.0 Å². The number of anilines is 1. The molecule has 4 aromatic rings. The fraction of sp³-hybridized carbons (Fsp3) is 0.357. The molecule has 3 aromatic heterocycles. The Morgan fingerprint density at radius 3 is 2.52 bits per heavy atom. The van der Waals surface area contributed by atoms with Crippen LogP contribution in [0.4, 0.5) is 19.1 Å². The van der Waals surface area contributed by atoms with Crippen molar-refractivity contribution < 1.29 is 32.5 Å². The first-order valence-electron chi connectivity index (χ1n) is 12.7. The van der Waals surface area contributed by atoms with Crippen LogP contribution in [0, 0.1) is 11.2 Å². The largest absolute Gasteiger partial charge is 0.481 e. The molecule has 1 N–H and O–H groups in total. The second-order valence-electron chi connectivity index (χ2n) is 9.99. The summed E-state index contributed by atoms with van der Waals surface area (Å²) in [4.78, 5) is 26.8. The van der Waals surface area contributed by atoms with Crippen molar-refractivity contribution in [2.75, 3.05) is 25.1 Å². The van der Waals surface area contributed by atoms with Crippen molar-refractivity contribution in [1.82, 2.24) is 19.4 Å². The third-order valence-electron chi connectivity index (χ3n) is 7.33. The van der Waals surface area contributed by atoms with Gasteiger partial charge < -0.3 is 23.9 Å². The number of imidazole rings is 1. The summed E-state index contributed by atoms with van der Waals surface area (Å²) in [5, 5.41) is 9.46. The van der Waals surface area contributed by atoms with E-state index in [1.807, 2.05) is 4.90 Å². The SMILES string of the molecule is COCc1nc2cc(F)c(-c3cnc(N4CCC(C)(C(=O)O)CC4)nc3)cn2c1Cc1ccccc1OC(F)F. The number of fused-ring (bicyclic) bond motifs is 1. The third-order valence-corrected chi connectivity index (χ3v) is 7.33. The summed E-state index contributed by atoms with van der Waals surface area (Å²) in [5.74, 6) is -0.851. The van der Waals surface area contributed by atoms with E-state index >= 15 is 4.39 Å². The predicted octanol–water partition coefficient (Wildman–Crippen LogP) is 4.96. The van der Waals surface area contributed by atoms with Crippen molar-refractivity contribution in [2.45, 2.75) is 39.4 Å². The second-order valence-corrected chi connectivity index (χ2v) is 9.99. The quantitative estimate of drug-likeness (QED) is 0.309. The van der Waals surface area contributed by atoms with Gasteiger partial charge in [-0.1, -0.05) is 18.2 Å². The Bertz CT molecular complexity index is 1520. The summed E-state index contributed by atoms with van der Waals surface area (Å²) in [6.45, 7) is -0.0974. The second kappa shape index (κ2) is 11.1. The van der Waals surface area contributed by atoms with Gasteiger partial charge in [0.1, 0.15) is 17.2 Å². The Balaban J connectivity index is 1.47. The van der Waals surface area contributed by atoms with E-state index in [4.69, 9.17) is 9.47 Å². The number of pyridine rings is 1. The predicted molar refractivity (Wildman–Crippen MR) is 140 cm³/mol. The van der Waals surface area contributed by atoms with Crippen molar-refractivity contribution in [3.05, 3.63) is 71.7 Å². The van der Waals surface area contributed by atoms with Crippen LogP contribution in [0.1, 0.15) is 36.7 Å². The smallest absolute Gasteiger partial charge is 0.387 e. The number of aliphatic carboxylic acids is 1. The lowest BCUT2D eigenvalue weighted by Crippen LogP contribution is -2.43. The minimum atomic E-state index is -2.97. The molecule has 12 heteroatoms. The summed E-state index contributed by atoms with van der Waals surface area (Å²) in [6, 6.07) is 7.78. The molecule has 0 aliphatic carbocycles. The number of carbonyl (C=O) groups is 1. The van der Waals surface area contributed by atoms with E-state index in [0.717, 1.165) is 0 Å². The number of piperidine rings is 1. The first-order valence-corrected chi connectivity index (χ1v) is 12.7. The maximum Gasteiger partial charge on any atom is 0.387 e. The molecule has 0 unspecified atom stereocenters. The van der Waals surface area contributed by atoms with Crippen LogP contribution in [0.2, 0.25) is 0 Å². The Morgan fingerprint density at radius 1 is 1.18 bits per heavy atom. The van der Waals surface area contributed by atoms with E-state index < -0.39 is 23.8 Å². The van der Waals surface area contributed by atoms with E-state index in [0.29, 0.717) is 60.0 Å². The fourth-order valence-corrected chi connectivity index (χ4v) is 4.89. The molecule has 1 saturated heterocycles. The Kier molecular flexibility index (Phi) is 7.61. The molecule has 1 fully saturated rings. The Hall–Kier alpha value is -4.19. The number of nitrogens with zero attached hydrogens (tertiary/aromatic N) is 5. The number of carboxylic acid groups (broad SMARTS) is 1. The number of rotatable bonds is 9. The molecule has 1 aliphatic heterocycles. The first-order chi connectivity index (χ1) is 19.2. The van der Waals surface area contributed by atoms with Crippen molar-refractivity contribution in [3.63, 3.8) is 0 Å². The zero-order valence-electron chi connectivity index (χ0n) is 22.0. The summed E-state index contributed by atoms with van der Waals surface area (Å²) in [7, 11) is 1.51. The highest BCUT2D eigenvalue weighted by atomic mass is 19.3. The van der Waals surface area contributed by atoms with Gasteiger partial charge in [0.25, 0.3) is 0 Å². The van der Waals surface area contributed by atoms with E-state index in [-0.39, 0.29) is 24.3 Å². The standard InChI is InChI=1S/C28H28F3N5O4/c1-28(25(37)38)7-9-35(10-8-28)27-32-13-18(14-33-27)19-15-36-22(21(16-39-2)34-24(36)12-20(19)29)11-17-5-3-4-6-23(17)40-26(30)31/h3-6,12-15,26H,7-11,16H2,1-2H3,(H,37,38). The molecule has 210 valence electrons. The molecule has 1 aromatic carbocycles. The number of hydrogen-bond acceptors (Lipinski definition) is 7. The van der Waals surface area contributed by atoms with Gasteiger partial charge in [-0.05, 0) is 25.8 Å². The summed E-state index contributed by atoms with van der Waals surface area (Å²) in [5.41, 5.74) is 1.92. The molecule has 0 spiro atoms. The Labute approximate surface area is 228 Å². The van der Waals surface area contributed by atoms with Gasteiger partial charge in [-0.25, -0.2) is 19.3 Å². The first kappa shape index (κ1) is 27.4. The molecule has 5 rings (SSSR count). The van der Waals surface area contributed by atoms with Crippen molar-refractivity contribution in [2.24, 2.45) is 5.41 Å². The van der Waals surface area contributed by atoms with Crippen LogP contribution >= 0.6 is 0 Å². The van der Waals surface area contributed by atoms with Crippen LogP contribution in [0.5, 0.6) is 5.75 Å². The zero-order chi connectivity index (χ0) is 28.4. The highest BCUT2D eigenvalue weighted by Crippen LogP contribution is 2.33. The van der Waals surface area contributed by atoms with Crippen LogP contribution in [-0.2, 0) is 22.6 Å². The zero-order valence-corrected chi connectivity index (χ0v) is 22.0. The molecule has 0 bridgehead atoms. The minimum Gasteiger partial charge on any atom is -0.481 e. The minimum absolute atomic E-state index is 0.0449. The number of carboxylic acids is 1. The lowest BCUT2D eigenvalue weighted by molar-refractivity contribution is -0.149. The molecular weight excluding hydrogens is 527 g/mol. The van der Waals surface area contributed by atoms with Crippen LogP contribution in [0.15, 0.2) is 48.9 Å². The van der Waals surface area contributed by atoms with Gasteiger partial charge in [0.2, 0.25) is 5.95 Å². The summed E-state index contributed by atoms with van der Waals surface area (Å²) in [6.07, 6.45) is 5.76. The third kappa shape index (κ3) is 5.44. The van der Waals surface area contributed by atoms with E-state index in [1.165, 1.54) is 31.6 Å². The number of halogens is 3. The molecule has 0 atom stereocenters. The lowest BCUT2D eigenvalue weighted by atomic mass is 9.80. The fourth-order valence-electron chi connectivity index (χ4n) is 4.89. The highest BCUT2D eigenvalue weighted by Gasteiger charge is 2.37. The van der Waals surface area contributed by atoms with Crippen LogP contribution in [-0.4, -0.2) is 57.2 Å². The molecular formula is C28H28F3N5O4. The average molecular weight is 556 g/mol. The van der Waals surface area contributed by atoms with E-state index in [9.17, 15) is 18.7 Å². The van der Waals surface area contributed by atoms with Gasteiger partial charge in [-0.3, -0.25) is 4.79 Å². The van der Waals surface area contributed by atoms with Gasteiger partial charge in [0.05, 0.1) is 23.4 Å². The van der Waals surface area contributed by atoms with Gasteiger partial charge in [-0.2, -0.15) is 8.78 Å². The molecule has 0 saturated carbocycles. The van der Waals surface area contributed by atoms with Crippen molar-refractivity contribution in [1.29, 1.82) is 0 Å². The molecule has 0 amide bonds. The van der Waals surface area contributed by atoms with E-state index in [2.05, 4.69) is 15.0 Å². The number of alkyl halides is 2. The number of ether oxygens (including phenoxy) is 2. The lowest BCUT2D eigenvalue weighted by Gasteiger charge is -2.36. The van der Waals surface area contributed by atoms with Crippen LogP contribution < -0.4 is 9.64 Å². The monoisotopic (exact) mass is 555 g/mol. The van der Waals surface area contributed by atoms with E-state index in [1.54, 1.807) is 35.7 Å². The topological polar surface area (TPSA) is 102 Å². The van der Waals surface area contributed by atoms with Gasteiger partial charge >= 0.3 is 12.6 Å². The number of methoxy groups -OCH3 is 1. The number of hydrogen-bond donors (Lipinski definition) is 1. The number of aromatic nitrogens is 4. The summed E-state index contributed by atoms with van der Waals surface area (Å²) < 4.78 is 53.0. The molecule has 9 nitrogen and oxygen atoms in total. The number of para-hydroxylation sites is 1. The summed E-state index contributed by atoms with van der Waals surface area (Å²) >= 11 is 0. The molecule has 4 heterocycles. The van der Waals surface area contributed by atoms with Gasteiger partial charge in [-0.15, -0.1) is 0 Å². The van der Waals surface area contributed by atoms with Crippen LogP contribution in [0.3, 0.4) is 0 Å². The van der Waals surface area contributed by atoms with Crippen molar-refractivity contribution >= 4 is 17.6 Å². The molecule has 40 heavy (non-hydrogen) atoms. The maximum atomic E-state index is 15.3. The maximum absolute atomic E-state index is 15.3. The number of benzene rings is 1.